The van der Waals surface area contributed by atoms with Crippen LogP contribution in [0.1, 0.15) is 31.9 Å². The molecule has 0 radical (unpaired) electrons. The number of hydrogen-bond acceptors (Lipinski definition) is 2. The van der Waals surface area contributed by atoms with Gasteiger partial charge in [0.05, 0.1) is 5.56 Å². The summed E-state index contributed by atoms with van der Waals surface area (Å²) < 4.78 is 49.3. The number of aliphatic imine (C=N–C) groups is 1. The van der Waals surface area contributed by atoms with E-state index in [0.717, 1.165) is 17.7 Å². The lowest BCUT2D eigenvalue weighted by Gasteiger charge is -2.18. The van der Waals surface area contributed by atoms with Gasteiger partial charge in [0.25, 0.3) is 0 Å². The molecule has 1 rings (SSSR count). The predicted octanol–water partition coefficient (Wildman–Crippen LogP) is 3.58. The molecule has 1 aromatic carbocycles. The number of rotatable bonds is 6. The zero-order valence-corrected chi connectivity index (χ0v) is 18.6. The molecule has 0 aromatic heterocycles. The van der Waals surface area contributed by atoms with Gasteiger partial charge in [-0.3, -0.25) is 9.20 Å². The van der Waals surface area contributed by atoms with Gasteiger partial charge in [-0.2, -0.15) is 13.2 Å². The summed E-state index contributed by atoms with van der Waals surface area (Å²) in [4.78, 5) is 4.07. The van der Waals surface area contributed by atoms with E-state index in [1.807, 2.05) is 20.8 Å². The van der Waals surface area contributed by atoms with E-state index in [1.54, 1.807) is 7.05 Å². The van der Waals surface area contributed by atoms with Gasteiger partial charge < -0.3 is 10.6 Å². The van der Waals surface area contributed by atoms with Crippen LogP contribution in [-0.2, 0) is 23.4 Å². The summed E-state index contributed by atoms with van der Waals surface area (Å²) in [7, 11) is 0.695. The highest BCUT2D eigenvalue weighted by Crippen LogP contribution is 2.29. The summed E-state index contributed by atoms with van der Waals surface area (Å²) in [5, 5.41) is 6.18. The maximum atomic E-state index is 12.5. The van der Waals surface area contributed by atoms with Gasteiger partial charge in [-0.05, 0) is 44.9 Å². The average molecular weight is 505 g/mol. The van der Waals surface area contributed by atoms with Crippen LogP contribution in [0.2, 0.25) is 0 Å². The molecule has 0 aliphatic heterocycles. The van der Waals surface area contributed by atoms with Crippen molar-refractivity contribution in [2.75, 3.05) is 25.9 Å². The third-order valence-corrected chi connectivity index (χ3v) is 5.41. The van der Waals surface area contributed by atoms with Gasteiger partial charge in [0.1, 0.15) is 0 Å². The Kier molecular flexibility index (Phi) is 10.7. The summed E-state index contributed by atoms with van der Waals surface area (Å²) in [6, 6.07) is 5.13. The first kappa shape index (κ1) is 25.2. The molecular formula is C17H27F3IN3OS. The standard InChI is InChI=1S/C17H26F3N3OS.HI/c1-16(2,3)25(24)12-11-23-15(21-4)22-10-9-13-5-7-14(8-6-13)17(18,19)20;/h5-8H,9-12H2,1-4H3,(H2,21,22,23);1H. The van der Waals surface area contributed by atoms with Crippen LogP contribution in [0.25, 0.3) is 0 Å². The van der Waals surface area contributed by atoms with Crippen molar-refractivity contribution in [1.29, 1.82) is 0 Å². The molecule has 2 N–H and O–H groups in total. The van der Waals surface area contributed by atoms with E-state index in [0.29, 0.717) is 31.2 Å². The van der Waals surface area contributed by atoms with Crippen LogP contribution < -0.4 is 10.6 Å². The lowest BCUT2D eigenvalue weighted by atomic mass is 10.1. The Morgan fingerprint density at radius 2 is 1.62 bits per heavy atom. The SMILES string of the molecule is CN=C(NCCc1ccc(C(F)(F)F)cc1)NCCS(=O)C(C)(C)C.I. The third-order valence-electron chi connectivity index (χ3n) is 3.47. The Balaban J connectivity index is 0.00000625. The van der Waals surface area contributed by atoms with E-state index in [9.17, 15) is 17.4 Å². The third kappa shape index (κ3) is 9.20. The van der Waals surface area contributed by atoms with Crippen LogP contribution in [0.5, 0.6) is 0 Å². The van der Waals surface area contributed by atoms with Crippen molar-refractivity contribution in [3.8, 4) is 0 Å². The number of hydrogen-bond donors (Lipinski definition) is 2. The van der Waals surface area contributed by atoms with Crippen LogP contribution in [0, 0.1) is 0 Å². The number of nitrogens with one attached hydrogen (secondary N) is 2. The summed E-state index contributed by atoms with van der Waals surface area (Å²) in [6.45, 7) is 6.86. The Morgan fingerprint density at radius 3 is 2.08 bits per heavy atom. The van der Waals surface area contributed by atoms with E-state index < -0.39 is 22.5 Å². The van der Waals surface area contributed by atoms with Gasteiger partial charge in [0.2, 0.25) is 0 Å². The monoisotopic (exact) mass is 505 g/mol. The number of benzene rings is 1. The van der Waals surface area contributed by atoms with E-state index in [1.165, 1.54) is 12.1 Å². The maximum Gasteiger partial charge on any atom is 0.416 e. The molecule has 9 heteroatoms. The van der Waals surface area contributed by atoms with Gasteiger partial charge in [-0.15, -0.1) is 24.0 Å². The van der Waals surface area contributed by atoms with Gasteiger partial charge in [-0.1, -0.05) is 12.1 Å². The summed E-state index contributed by atoms with van der Waals surface area (Å²) in [5.41, 5.74) is 0.165. The van der Waals surface area contributed by atoms with E-state index in [-0.39, 0.29) is 28.7 Å². The summed E-state index contributed by atoms with van der Waals surface area (Å²) in [6.07, 6.45) is -3.73. The second-order valence-electron chi connectivity index (χ2n) is 6.53. The minimum absolute atomic E-state index is 0. The first-order valence-electron chi connectivity index (χ1n) is 8.03. The highest BCUT2D eigenvalue weighted by atomic mass is 127. The van der Waals surface area contributed by atoms with E-state index in [2.05, 4.69) is 15.6 Å². The molecule has 1 aromatic rings. The van der Waals surface area contributed by atoms with Crippen molar-refractivity contribution < 1.29 is 17.4 Å². The summed E-state index contributed by atoms with van der Waals surface area (Å²) >= 11 is 0. The van der Waals surface area contributed by atoms with Crippen molar-refractivity contribution in [3.63, 3.8) is 0 Å². The fraction of sp³-hybridized carbons (Fsp3) is 0.588. The summed E-state index contributed by atoms with van der Waals surface area (Å²) in [5.74, 6) is 1.10. The molecule has 1 atom stereocenters. The number of guanidine groups is 1. The molecule has 26 heavy (non-hydrogen) atoms. The highest BCUT2D eigenvalue weighted by molar-refractivity contribution is 14.0. The van der Waals surface area contributed by atoms with Crippen molar-refractivity contribution in [1.82, 2.24) is 10.6 Å². The molecule has 1 unspecified atom stereocenters. The highest BCUT2D eigenvalue weighted by Gasteiger charge is 2.29. The lowest BCUT2D eigenvalue weighted by Crippen LogP contribution is -2.41. The number of nitrogens with zero attached hydrogens (tertiary/aromatic N) is 1. The molecule has 0 aliphatic rings. The average Bonchev–Trinajstić information content (AvgIpc) is 2.52. The van der Waals surface area contributed by atoms with Crippen molar-refractivity contribution in [2.45, 2.75) is 38.1 Å². The zero-order chi connectivity index (χ0) is 19.1. The lowest BCUT2D eigenvalue weighted by molar-refractivity contribution is -0.137. The molecular weight excluding hydrogens is 478 g/mol. The Morgan fingerprint density at radius 1 is 1.08 bits per heavy atom. The quantitative estimate of drug-likeness (QED) is 0.353. The largest absolute Gasteiger partial charge is 0.416 e. The number of alkyl halides is 3. The van der Waals surface area contributed by atoms with Crippen LogP contribution in [0.15, 0.2) is 29.3 Å². The molecule has 0 saturated heterocycles. The normalized spacial score (nSPS) is 13.7. The first-order valence-corrected chi connectivity index (χ1v) is 9.35. The minimum atomic E-state index is -4.31. The maximum absolute atomic E-state index is 12.5. The Labute approximate surface area is 172 Å². The predicted molar refractivity (Wildman–Crippen MR) is 113 cm³/mol. The Bertz CT molecular complexity index is 599. The fourth-order valence-electron chi connectivity index (χ4n) is 1.97. The molecule has 150 valence electrons. The van der Waals surface area contributed by atoms with Crippen molar-refractivity contribution >= 4 is 40.7 Å². The topological polar surface area (TPSA) is 53.5 Å². The Hall–Kier alpha value is -0.840. The smallest absolute Gasteiger partial charge is 0.356 e. The molecule has 0 saturated carbocycles. The molecule has 0 aliphatic carbocycles. The number of halogens is 4. The van der Waals surface area contributed by atoms with E-state index >= 15 is 0 Å². The molecule has 4 nitrogen and oxygen atoms in total. The van der Waals surface area contributed by atoms with Gasteiger partial charge in [0.15, 0.2) is 5.96 Å². The van der Waals surface area contributed by atoms with Gasteiger partial charge in [-0.25, -0.2) is 0 Å². The van der Waals surface area contributed by atoms with Crippen LogP contribution in [0.4, 0.5) is 13.2 Å². The fourth-order valence-corrected chi connectivity index (χ4v) is 2.87. The van der Waals surface area contributed by atoms with Gasteiger partial charge in [0, 0.05) is 41.4 Å². The molecule has 0 heterocycles. The minimum Gasteiger partial charge on any atom is -0.356 e. The second-order valence-corrected chi connectivity index (χ2v) is 8.86. The van der Waals surface area contributed by atoms with Crippen LogP contribution >= 0.6 is 24.0 Å². The zero-order valence-electron chi connectivity index (χ0n) is 15.4. The van der Waals surface area contributed by atoms with Crippen LogP contribution in [0.3, 0.4) is 0 Å². The van der Waals surface area contributed by atoms with Crippen molar-refractivity contribution in [3.05, 3.63) is 35.4 Å². The van der Waals surface area contributed by atoms with Crippen molar-refractivity contribution in [2.24, 2.45) is 4.99 Å². The molecule has 0 amide bonds. The van der Waals surface area contributed by atoms with Crippen LogP contribution in [-0.4, -0.2) is 40.8 Å². The second kappa shape index (κ2) is 11.1. The molecule has 0 spiro atoms. The van der Waals surface area contributed by atoms with Gasteiger partial charge >= 0.3 is 6.18 Å². The first-order chi connectivity index (χ1) is 11.5. The van der Waals surface area contributed by atoms with E-state index in [4.69, 9.17) is 0 Å². The molecule has 0 bridgehead atoms. The molecule has 0 fully saturated rings.